The Kier molecular flexibility index (Phi) is 5.00. The number of hydrogen-bond acceptors (Lipinski definition) is 4. The molecule has 2 rings (SSSR count). The van der Waals surface area contributed by atoms with Crippen molar-refractivity contribution in [3.05, 3.63) is 0 Å². The zero-order chi connectivity index (χ0) is 13.0. The maximum absolute atomic E-state index is 11.9. The van der Waals surface area contributed by atoms with E-state index in [1.165, 1.54) is 0 Å². The zero-order valence-corrected chi connectivity index (χ0v) is 11.5. The number of sulfonamides is 1. The topological polar surface area (TPSA) is 75.6 Å². The van der Waals surface area contributed by atoms with Crippen LogP contribution < -0.4 is 4.72 Å². The van der Waals surface area contributed by atoms with Crippen LogP contribution in [0, 0.1) is 11.8 Å². The molecule has 6 heteroatoms. The van der Waals surface area contributed by atoms with E-state index in [1.54, 1.807) is 0 Å². The number of hydrogen-bond donors (Lipinski definition) is 2. The summed E-state index contributed by atoms with van der Waals surface area (Å²) >= 11 is 0. The summed E-state index contributed by atoms with van der Waals surface area (Å²) in [4.78, 5) is 0. The van der Waals surface area contributed by atoms with Gasteiger partial charge in [0.25, 0.3) is 0 Å². The Labute approximate surface area is 109 Å². The summed E-state index contributed by atoms with van der Waals surface area (Å²) in [5.74, 6) is 0.619. The van der Waals surface area contributed by atoms with Crippen LogP contribution in [0.3, 0.4) is 0 Å². The minimum absolute atomic E-state index is 0.0729. The molecule has 1 heterocycles. The summed E-state index contributed by atoms with van der Waals surface area (Å²) in [5, 5.41) is 9.20. The second-order valence-electron chi connectivity index (χ2n) is 5.40. The lowest BCUT2D eigenvalue weighted by molar-refractivity contribution is 0.127. The van der Waals surface area contributed by atoms with Crippen LogP contribution in [0.2, 0.25) is 0 Å². The standard InChI is InChI=1S/C12H23NO4S/c14-8-11-4-1-3-10(11)7-13-18(15,16)9-12-5-2-6-17-12/h10-14H,1-9H2. The third kappa shape index (κ3) is 3.91. The van der Waals surface area contributed by atoms with Crippen molar-refractivity contribution < 1.29 is 18.3 Å². The molecule has 0 aromatic carbocycles. The van der Waals surface area contributed by atoms with Crippen molar-refractivity contribution >= 4 is 10.0 Å². The minimum atomic E-state index is -3.24. The molecule has 0 bridgehead atoms. The molecule has 5 nitrogen and oxygen atoms in total. The van der Waals surface area contributed by atoms with Gasteiger partial charge in [0.15, 0.2) is 0 Å². The zero-order valence-electron chi connectivity index (χ0n) is 10.7. The molecule has 1 aliphatic heterocycles. The van der Waals surface area contributed by atoms with Crippen LogP contribution in [-0.4, -0.2) is 45.1 Å². The van der Waals surface area contributed by atoms with E-state index >= 15 is 0 Å². The highest BCUT2D eigenvalue weighted by molar-refractivity contribution is 7.89. The van der Waals surface area contributed by atoms with Crippen molar-refractivity contribution in [3.8, 4) is 0 Å². The van der Waals surface area contributed by atoms with Crippen molar-refractivity contribution in [3.63, 3.8) is 0 Å². The number of aliphatic hydroxyl groups is 1. The second-order valence-corrected chi connectivity index (χ2v) is 7.25. The Balaban J connectivity index is 1.77. The van der Waals surface area contributed by atoms with E-state index in [9.17, 15) is 13.5 Å². The largest absolute Gasteiger partial charge is 0.396 e. The van der Waals surface area contributed by atoms with Gasteiger partial charge < -0.3 is 9.84 Å². The Morgan fingerprint density at radius 1 is 1.17 bits per heavy atom. The first-order valence-electron chi connectivity index (χ1n) is 6.80. The first-order chi connectivity index (χ1) is 8.61. The number of nitrogens with one attached hydrogen (secondary N) is 1. The summed E-state index contributed by atoms with van der Waals surface area (Å²) < 4.78 is 31.8. The fourth-order valence-electron chi connectivity index (χ4n) is 2.94. The highest BCUT2D eigenvalue weighted by atomic mass is 32.2. The number of ether oxygens (including phenoxy) is 1. The Bertz CT molecular complexity index is 351. The maximum Gasteiger partial charge on any atom is 0.214 e. The van der Waals surface area contributed by atoms with Gasteiger partial charge in [0.1, 0.15) is 0 Å². The van der Waals surface area contributed by atoms with Crippen LogP contribution in [0.4, 0.5) is 0 Å². The molecule has 106 valence electrons. The maximum atomic E-state index is 11.9. The first-order valence-corrected chi connectivity index (χ1v) is 8.46. The monoisotopic (exact) mass is 277 g/mol. The molecule has 2 fully saturated rings. The summed E-state index contributed by atoms with van der Waals surface area (Å²) in [7, 11) is -3.24. The summed E-state index contributed by atoms with van der Waals surface area (Å²) in [5.41, 5.74) is 0. The van der Waals surface area contributed by atoms with Gasteiger partial charge in [0, 0.05) is 19.8 Å². The van der Waals surface area contributed by atoms with Crippen molar-refractivity contribution in [1.29, 1.82) is 0 Å². The normalized spacial score (nSPS) is 33.1. The molecule has 1 saturated heterocycles. The number of aliphatic hydroxyl groups excluding tert-OH is 1. The van der Waals surface area contributed by atoms with Gasteiger partial charge in [-0.3, -0.25) is 0 Å². The molecule has 1 aliphatic carbocycles. The highest BCUT2D eigenvalue weighted by Crippen LogP contribution is 2.30. The van der Waals surface area contributed by atoms with Crippen molar-refractivity contribution in [2.75, 3.05) is 25.5 Å². The predicted molar refractivity (Wildman–Crippen MR) is 68.7 cm³/mol. The molecule has 0 amide bonds. The predicted octanol–water partition coefficient (Wildman–Crippen LogP) is 0.493. The SMILES string of the molecule is O=S(=O)(CC1CCCO1)NCC1CCCC1CO. The van der Waals surface area contributed by atoms with Crippen molar-refractivity contribution in [2.45, 2.75) is 38.2 Å². The van der Waals surface area contributed by atoms with E-state index in [0.717, 1.165) is 32.1 Å². The third-order valence-electron chi connectivity index (χ3n) is 4.05. The molecule has 3 atom stereocenters. The minimum Gasteiger partial charge on any atom is -0.396 e. The van der Waals surface area contributed by atoms with Gasteiger partial charge in [-0.1, -0.05) is 6.42 Å². The summed E-state index contributed by atoms with van der Waals surface area (Å²) in [6.45, 7) is 1.30. The Hall–Kier alpha value is -0.170. The van der Waals surface area contributed by atoms with Crippen LogP contribution in [0.1, 0.15) is 32.1 Å². The molecule has 0 spiro atoms. The van der Waals surface area contributed by atoms with Gasteiger partial charge in [-0.15, -0.1) is 0 Å². The smallest absolute Gasteiger partial charge is 0.214 e. The third-order valence-corrected chi connectivity index (χ3v) is 5.46. The van der Waals surface area contributed by atoms with Gasteiger partial charge in [-0.05, 0) is 37.5 Å². The molecule has 2 N–H and O–H groups in total. The Morgan fingerprint density at radius 3 is 2.61 bits per heavy atom. The van der Waals surface area contributed by atoms with E-state index in [2.05, 4.69) is 4.72 Å². The summed E-state index contributed by atoms with van der Waals surface area (Å²) in [6.07, 6.45) is 4.75. The lowest BCUT2D eigenvalue weighted by Crippen LogP contribution is -2.36. The molecule has 18 heavy (non-hydrogen) atoms. The Morgan fingerprint density at radius 2 is 1.94 bits per heavy atom. The average molecular weight is 277 g/mol. The molecule has 0 aromatic rings. The quantitative estimate of drug-likeness (QED) is 0.741. The first kappa shape index (κ1) is 14.2. The lowest BCUT2D eigenvalue weighted by Gasteiger charge is -2.18. The molecule has 2 aliphatic rings. The molecular weight excluding hydrogens is 254 g/mol. The number of rotatable bonds is 6. The van der Waals surface area contributed by atoms with Gasteiger partial charge in [0.2, 0.25) is 10.0 Å². The van der Waals surface area contributed by atoms with E-state index < -0.39 is 10.0 Å². The van der Waals surface area contributed by atoms with Crippen molar-refractivity contribution in [1.82, 2.24) is 4.72 Å². The van der Waals surface area contributed by atoms with Crippen LogP contribution >= 0.6 is 0 Å². The average Bonchev–Trinajstić information content (AvgIpc) is 2.96. The fourth-order valence-corrected chi connectivity index (χ4v) is 4.27. The van der Waals surface area contributed by atoms with Crippen LogP contribution in [-0.2, 0) is 14.8 Å². The molecule has 3 unspecified atom stereocenters. The van der Waals surface area contributed by atoms with Gasteiger partial charge >= 0.3 is 0 Å². The van der Waals surface area contributed by atoms with E-state index in [1.807, 2.05) is 0 Å². The lowest BCUT2D eigenvalue weighted by atomic mass is 9.97. The van der Waals surface area contributed by atoms with Crippen LogP contribution in [0.5, 0.6) is 0 Å². The van der Waals surface area contributed by atoms with Crippen LogP contribution in [0.25, 0.3) is 0 Å². The van der Waals surface area contributed by atoms with Gasteiger partial charge in [-0.25, -0.2) is 13.1 Å². The molecule has 0 radical (unpaired) electrons. The molecule has 1 saturated carbocycles. The second kappa shape index (κ2) is 6.32. The van der Waals surface area contributed by atoms with Gasteiger partial charge in [0.05, 0.1) is 11.9 Å². The van der Waals surface area contributed by atoms with E-state index in [4.69, 9.17) is 4.74 Å². The highest BCUT2D eigenvalue weighted by Gasteiger charge is 2.29. The van der Waals surface area contributed by atoms with E-state index in [0.29, 0.717) is 13.2 Å². The fraction of sp³-hybridized carbons (Fsp3) is 1.00. The van der Waals surface area contributed by atoms with E-state index in [-0.39, 0.29) is 30.3 Å². The summed E-state index contributed by atoms with van der Waals surface area (Å²) in [6, 6.07) is 0. The molecule has 0 aromatic heterocycles. The van der Waals surface area contributed by atoms with Crippen molar-refractivity contribution in [2.24, 2.45) is 11.8 Å². The molecular formula is C12H23NO4S. The van der Waals surface area contributed by atoms with Crippen LogP contribution in [0.15, 0.2) is 0 Å². The van der Waals surface area contributed by atoms with Gasteiger partial charge in [-0.2, -0.15) is 0 Å².